The van der Waals surface area contributed by atoms with E-state index in [-0.39, 0.29) is 42.7 Å². The van der Waals surface area contributed by atoms with Crippen LogP contribution in [0.15, 0.2) is 0 Å². The Kier molecular flexibility index (Phi) is 9.40. The minimum Gasteiger partial charge on any atom is -0.323 e. The second kappa shape index (κ2) is 12.7. The Balaban J connectivity index is 1.12. The Morgan fingerprint density at radius 2 is 1.80 bits per heavy atom. The van der Waals surface area contributed by atoms with E-state index in [9.17, 15) is 13.6 Å². The summed E-state index contributed by atoms with van der Waals surface area (Å²) >= 11 is 1.86. The van der Waals surface area contributed by atoms with Crippen molar-refractivity contribution in [2.24, 2.45) is 17.8 Å². The number of carbonyl (C=O) groups excluding carboxylic acids is 1. The number of hydrogen-bond acceptors (Lipinski definition) is 7. The first-order chi connectivity index (χ1) is 19.7. The number of urea groups is 1. The molecule has 2 amide bonds. The molecule has 0 radical (unpaired) electrons. The van der Waals surface area contributed by atoms with Crippen LogP contribution in [0.2, 0.25) is 0 Å². The summed E-state index contributed by atoms with van der Waals surface area (Å²) in [5, 5.41) is 12.0. The lowest BCUT2D eigenvalue weighted by atomic mass is 9.86. The normalized spacial score (nSPS) is 40.6. The third kappa shape index (κ3) is 7.17. The van der Waals surface area contributed by atoms with E-state index in [1.54, 1.807) is 0 Å². The predicted molar refractivity (Wildman–Crippen MR) is 160 cm³/mol. The summed E-state index contributed by atoms with van der Waals surface area (Å²) in [7, 11) is 0. The third-order valence-corrected chi connectivity index (χ3v) is 11.9. The molecule has 0 aromatic heterocycles. The molecule has 4 bridgehead atoms. The van der Waals surface area contributed by atoms with Crippen molar-refractivity contribution in [1.82, 2.24) is 35.4 Å². The van der Waals surface area contributed by atoms with Crippen molar-refractivity contribution < 1.29 is 13.6 Å². The first kappa shape index (κ1) is 30.3. The van der Waals surface area contributed by atoms with Crippen LogP contribution in [-0.2, 0) is 0 Å². The average molecular weight is 598 g/mol. The monoisotopic (exact) mass is 597 g/mol. The van der Waals surface area contributed by atoms with E-state index in [1.165, 1.54) is 38.5 Å². The molecular weight excluding hydrogens is 544 g/mol. The van der Waals surface area contributed by atoms with Gasteiger partial charge in [0.1, 0.15) is 0 Å². The second-order valence-corrected chi connectivity index (χ2v) is 15.5. The van der Waals surface area contributed by atoms with Gasteiger partial charge in [0.05, 0.1) is 23.9 Å². The number of carbonyl (C=O) groups is 1. The number of rotatable bonds is 3. The molecule has 5 aliphatic heterocycles. The van der Waals surface area contributed by atoms with Crippen molar-refractivity contribution in [2.75, 3.05) is 39.3 Å². The molecule has 6 rings (SSSR count). The lowest BCUT2D eigenvalue weighted by Gasteiger charge is -2.48. The highest BCUT2D eigenvalue weighted by Gasteiger charge is 2.48. The van der Waals surface area contributed by atoms with Crippen LogP contribution in [-0.4, -0.2) is 95.3 Å². The first-order valence-corrected chi connectivity index (χ1v) is 17.4. The molecule has 41 heavy (non-hydrogen) atoms. The van der Waals surface area contributed by atoms with E-state index >= 15 is 0 Å². The minimum atomic E-state index is -2.52. The Morgan fingerprint density at radius 3 is 2.63 bits per heavy atom. The van der Waals surface area contributed by atoms with Crippen molar-refractivity contribution >= 4 is 18.0 Å². The van der Waals surface area contributed by atoms with Crippen LogP contribution in [0.3, 0.4) is 0 Å². The molecule has 8 nitrogen and oxygen atoms in total. The highest BCUT2D eigenvalue weighted by molar-refractivity contribution is 7.98. The fraction of sp³-hybridized carbons (Fsp3) is 0.967. The van der Waals surface area contributed by atoms with Crippen LogP contribution < -0.4 is 20.7 Å². The van der Waals surface area contributed by atoms with Gasteiger partial charge < -0.3 is 15.1 Å². The summed E-state index contributed by atoms with van der Waals surface area (Å²) in [5.74, 6) is -1.16. The molecule has 7 atom stereocenters. The van der Waals surface area contributed by atoms with E-state index in [2.05, 4.69) is 39.4 Å². The van der Waals surface area contributed by atoms with Gasteiger partial charge in [-0.1, -0.05) is 11.9 Å². The van der Waals surface area contributed by atoms with Crippen molar-refractivity contribution in [3.05, 3.63) is 0 Å². The summed E-state index contributed by atoms with van der Waals surface area (Å²) in [6.45, 7) is 10.00. The minimum absolute atomic E-state index is 0.0268. The van der Waals surface area contributed by atoms with Gasteiger partial charge in [-0.25, -0.2) is 13.6 Å². The standard InChI is InChI=1S/C30H53F2N7OS/c1-29(2)17-22-5-4-14-33-24-6-3-7-26(35-24)41-34-18-23-8-9-25(36-27(23)39(29)20-22)38-16-15-37(28(38)40)19-21-10-12-30(31,32)13-11-21/h21-27,33-36H,3-20H2,1-2H3/t22-,23?,24?,25?,26?,27?/m0/s1. The molecular formula is C30H53F2N7OS. The topological polar surface area (TPSA) is 74.9 Å². The van der Waals surface area contributed by atoms with Crippen LogP contribution >= 0.6 is 11.9 Å². The van der Waals surface area contributed by atoms with Gasteiger partial charge in [-0.2, -0.15) is 0 Å². The summed E-state index contributed by atoms with van der Waals surface area (Å²) in [4.78, 5) is 20.3. The maximum atomic E-state index is 13.7. The highest BCUT2D eigenvalue weighted by Crippen LogP contribution is 2.40. The zero-order valence-corrected chi connectivity index (χ0v) is 26.0. The zero-order chi connectivity index (χ0) is 28.6. The quantitative estimate of drug-likeness (QED) is 0.361. The third-order valence-electron chi connectivity index (χ3n) is 10.9. The molecule has 0 aromatic carbocycles. The van der Waals surface area contributed by atoms with Gasteiger partial charge in [-0.05, 0) is 96.4 Å². The molecule has 5 saturated heterocycles. The van der Waals surface area contributed by atoms with Crippen LogP contribution in [0.25, 0.3) is 0 Å². The second-order valence-electron chi connectivity index (χ2n) is 14.4. The molecule has 4 N–H and O–H groups in total. The Hall–Kier alpha value is -0.720. The number of piperidine rings is 2. The van der Waals surface area contributed by atoms with E-state index in [4.69, 9.17) is 0 Å². The fourth-order valence-corrected chi connectivity index (χ4v) is 9.60. The van der Waals surface area contributed by atoms with Crippen LogP contribution in [0.4, 0.5) is 13.6 Å². The van der Waals surface area contributed by atoms with E-state index < -0.39 is 5.92 Å². The zero-order valence-electron chi connectivity index (χ0n) is 25.2. The molecule has 5 heterocycles. The van der Waals surface area contributed by atoms with Gasteiger partial charge in [0.25, 0.3) is 0 Å². The van der Waals surface area contributed by atoms with E-state index in [0.717, 1.165) is 39.0 Å². The lowest BCUT2D eigenvalue weighted by Crippen LogP contribution is -2.65. The highest BCUT2D eigenvalue weighted by atomic mass is 32.2. The van der Waals surface area contributed by atoms with Crippen LogP contribution in [0.1, 0.15) is 90.9 Å². The molecule has 0 spiro atoms. The fourth-order valence-electron chi connectivity index (χ4n) is 8.58. The van der Waals surface area contributed by atoms with Gasteiger partial charge in [0.15, 0.2) is 0 Å². The van der Waals surface area contributed by atoms with Gasteiger partial charge in [-0.3, -0.25) is 20.3 Å². The molecule has 1 aliphatic carbocycles. The van der Waals surface area contributed by atoms with Gasteiger partial charge in [0.2, 0.25) is 5.92 Å². The maximum absolute atomic E-state index is 13.7. The molecule has 6 fully saturated rings. The van der Waals surface area contributed by atoms with Crippen LogP contribution in [0.5, 0.6) is 0 Å². The first-order valence-electron chi connectivity index (χ1n) is 16.5. The van der Waals surface area contributed by atoms with Crippen molar-refractivity contribution in [3.8, 4) is 0 Å². The predicted octanol–water partition coefficient (Wildman–Crippen LogP) is 4.35. The van der Waals surface area contributed by atoms with Crippen molar-refractivity contribution in [1.29, 1.82) is 0 Å². The number of hydrogen-bond donors (Lipinski definition) is 4. The molecule has 1 saturated carbocycles. The Morgan fingerprint density at radius 1 is 0.976 bits per heavy atom. The average Bonchev–Trinajstić information content (AvgIpc) is 3.45. The van der Waals surface area contributed by atoms with Crippen molar-refractivity contribution in [3.63, 3.8) is 0 Å². The molecule has 234 valence electrons. The van der Waals surface area contributed by atoms with Gasteiger partial charge in [0, 0.05) is 57.0 Å². The van der Waals surface area contributed by atoms with Gasteiger partial charge in [-0.15, -0.1) is 0 Å². The Labute approximate surface area is 250 Å². The van der Waals surface area contributed by atoms with Crippen LogP contribution in [0, 0.1) is 17.8 Å². The summed E-state index contributed by atoms with van der Waals surface area (Å²) in [5.41, 5.74) is 0.113. The number of nitrogens with zero attached hydrogens (tertiary/aromatic N) is 3. The largest absolute Gasteiger partial charge is 0.323 e. The number of fused-ring (bicyclic) bond motifs is 6. The number of nitrogens with one attached hydrogen (secondary N) is 4. The molecule has 6 aliphatic rings. The molecule has 11 heteroatoms. The molecule has 0 aromatic rings. The summed E-state index contributed by atoms with van der Waals surface area (Å²) < 4.78 is 31.1. The smallest absolute Gasteiger partial charge is 0.321 e. The summed E-state index contributed by atoms with van der Waals surface area (Å²) in [6.07, 6.45) is 11.0. The summed E-state index contributed by atoms with van der Waals surface area (Å²) in [6, 6.07) is 0.0908. The number of halogens is 2. The number of alkyl halides is 2. The maximum Gasteiger partial charge on any atom is 0.321 e. The number of amides is 2. The Bertz CT molecular complexity index is 902. The van der Waals surface area contributed by atoms with Crippen molar-refractivity contribution in [2.45, 2.75) is 126 Å². The van der Waals surface area contributed by atoms with Gasteiger partial charge >= 0.3 is 6.03 Å². The van der Waals surface area contributed by atoms with E-state index in [0.29, 0.717) is 49.3 Å². The lowest BCUT2D eigenvalue weighted by molar-refractivity contribution is -0.0474. The molecule has 6 unspecified atom stereocenters. The SMILES string of the molecule is CC1(C)C[C@@H]2CCCNC3CCCC(N3)SNCC3CCC(N4CCN(CC5CCC(F)(F)CC5)C4=O)NC3N1C2. The van der Waals surface area contributed by atoms with E-state index in [1.807, 2.05) is 21.7 Å².